The van der Waals surface area contributed by atoms with E-state index >= 15 is 0 Å². The second kappa shape index (κ2) is 4.71. The van der Waals surface area contributed by atoms with Crippen molar-refractivity contribution in [1.82, 2.24) is 0 Å². The molecule has 0 unspecified atom stereocenters. The third-order valence-corrected chi connectivity index (χ3v) is 3.76. The first kappa shape index (κ1) is 14.2. The number of hydrogen-bond acceptors (Lipinski definition) is 5. The van der Waals surface area contributed by atoms with Crippen molar-refractivity contribution in [3.05, 3.63) is 35.4 Å². The average molecular weight is 271 g/mol. The average Bonchev–Trinajstić information content (AvgIpc) is 2.69. The van der Waals surface area contributed by atoms with E-state index in [9.17, 15) is 4.79 Å². The van der Waals surface area contributed by atoms with E-state index in [4.69, 9.17) is 10.00 Å². The number of carbonyl (C=O) groups excluding carboxylic acids is 1. The van der Waals surface area contributed by atoms with Gasteiger partial charge in [0.15, 0.2) is 5.54 Å². The summed E-state index contributed by atoms with van der Waals surface area (Å²) in [6, 6.07) is 9.26. The lowest BCUT2D eigenvalue weighted by atomic mass is 9.72. The molecule has 0 radical (unpaired) electrons. The van der Waals surface area contributed by atoms with Crippen LogP contribution in [0.1, 0.15) is 37.8 Å². The Kier molecular flexibility index (Phi) is 3.34. The minimum absolute atomic E-state index is 0.227. The van der Waals surface area contributed by atoms with E-state index in [1.54, 1.807) is 19.1 Å². The lowest BCUT2D eigenvalue weighted by Gasteiger charge is -2.32. The highest BCUT2D eigenvalue weighted by Gasteiger charge is 2.55. The van der Waals surface area contributed by atoms with Crippen LogP contribution in [0.2, 0.25) is 0 Å². The van der Waals surface area contributed by atoms with Gasteiger partial charge in [0, 0.05) is 5.92 Å². The third-order valence-electron chi connectivity index (χ3n) is 3.76. The molecule has 5 nitrogen and oxygen atoms in total. The van der Waals surface area contributed by atoms with Crippen molar-refractivity contribution in [3.63, 3.8) is 0 Å². The van der Waals surface area contributed by atoms with Crippen LogP contribution in [0.5, 0.6) is 0 Å². The van der Waals surface area contributed by atoms with Crippen LogP contribution in [0, 0.1) is 11.3 Å². The molecule has 1 aliphatic heterocycles. The number of methoxy groups -OCH3 is 1. The molecule has 0 spiro atoms. The highest BCUT2D eigenvalue weighted by atomic mass is 16.5. The van der Waals surface area contributed by atoms with Crippen LogP contribution in [0.3, 0.4) is 0 Å². The van der Waals surface area contributed by atoms with Crippen LogP contribution in [0.4, 0.5) is 0 Å². The third kappa shape index (κ3) is 2.07. The Hall–Kier alpha value is -2.22. The summed E-state index contributed by atoms with van der Waals surface area (Å²) in [5, 5.41) is 17.3. The standard InChI is InChI=1S/C15H17N3O2/c1-14(2)12(11-7-5-10(9-16)6-8-11)15(3,18-17-14)13(19)20-4/h5-8,12H,1-4H3/t12-,15-/m0/s1. The Morgan fingerprint density at radius 3 is 2.35 bits per heavy atom. The number of hydrogen-bond donors (Lipinski definition) is 0. The van der Waals surface area contributed by atoms with E-state index in [1.165, 1.54) is 7.11 Å². The Balaban J connectivity index is 2.49. The van der Waals surface area contributed by atoms with Crippen molar-refractivity contribution in [3.8, 4) is 6.07 Å². The molecule has 20 heavy (non-hydrogen) atoms. The molecule has 1 aromatic carbocycles. The minimum atomic E-state index is -1.04. The fraction of sp³-hybridized carbons (Fsp3) is 0.467. The van der Waals surface area contributed by atoms with Crippen molar-refractivity contribution >= 4 is 5.97 Å². The molecule has 0 amide bonds. The maximum Gasteiger partial charge on any atom is 0.336 e. The van der Waals surface area contributed by atoms with Gasteiger partial charge in [-0.2, -0.15) is 15.5 Å². The highest BCUT2D eigenvalue weighted by Crippen LogP contribution is 2.48. The molecule has 1 heterocycles. The number of rotatable bonds is 2. The van der Waals surface area contributed by atoms with Crippen LogP contribution in [0.15, 0.2) is 34.5 Å². The molecule has 2 rings (SSSR count). The molecule has 2 atom stereocenters. The number of ether oxygens (including phenoxy) is 1. The van der Waals surface area contributed by atoms with Crippen LogP contribution >= 0.6 is 0 Å². The number of nitrogens with zero attached hydrogens (tertiary/aromatic N) is 3. The summed E-state index contributed by atoms with van der Waals surface area (Å²) in [6.07, 6.45) is 0. The molecule has 1 aromatic rings. The van der Waals surface area contributed by atoms with Gasteiger partial charge in [0.05, 0.1) is 24.3 Å². The van der Waals surface area contributed by atoms with Gasteiger partial charge < -0.3 is 4.74 Å². The number of esters is 1. The van der Waals surface area contributed by atoms with Crippen molar-refractivity contribution in [2.75, 3.05) is 7.11 Å². The number of carbonyl (C=O) groups is 1. The first-order valence-electron chi connectivity index (χ1n) is 6.37. The number of nitriles is 1. The summed E-state index contributed by atoms with van der Waals surface area (Å²) in [5.74, 6) is -0.628. The normalized spacial score (nSPS) is 27.1. The van der Waals surface area contributed by atoms with Crippen molar-refractivity contribution in [2.24, 2.45) is 10.2 Å². The summed E-state index contributed by atoms with van der Waals surface area (Å²) in [7, 11) is 1.35. The largest absolute Gasteiger partial charge is 0.467 e. The smallest absolute Gasteiger partial charge is 0.336 e. The van der Waals surface area contributed by atoms with E-state index in [0.29, 0.717) is 5.56 Å². The molecule has 1 aliphatic rings. The molecule has 5 heteroatoms. The molecule has 0 N–H and O–H groups in total. The van der Waals surface area contributed by atoms with Gasteiger partial charge in [-0.1, -0.05) is 12.1 Å². The van der Waals surface area contributed by atoms with E-state index in [0.717, 1.165) is 5.56 Å². The number of azo groups is 1. The molecule has 0 saturated carbocycles. The highest BCUT2D eigenvalue weighted by molar-refractivity contribution is 5.83. The summed E-state index contributed by atoms with van der Waals surface area (Å²) >= 11 is 0. The van der Waals surface area contributed by atoms with Gasteiger partial charge in [-0.05, 0) is 38.5 Å². The summed E-state index contributed by atoms with van der Waals surface area (Å²) in [6.45, 7) is 5.61. The maximum absolute atomic E-state index is 12.1. The lowest BCUT2D eigenvalue weighted by molar-refractivity contribution is -0.147. The monoisotopic (exact) mass is 271 g/mol. The van der Waals surface area contributed by atoms with Crippen molar-refractivity contribution in [2.45, 2.75) is 37.8 Å². The van der Waals surface area contributed by atoms with Gasteiger partial charge in [0.25, 0.3) is 0 Å². The molecule has 104 valence electrons. The van der Waals surface area contributed by atoms with Crippen LogP contribution < -0.4 is 0 Å². The SMILES string of the molecule is COC(=O)[C@@]1(C)N=NC(C)(C)[C@@H]1c1ccc(C#N)cc1. The van der Waals surface area contributed by atoms with Crippen molar-refractivity contribution in [1.29, 1.82) is 5.26 Å². The van der Waals surface area contributed by atoms with Crippen LogP contribution in [0.25, 0.3) is 0 Å². The molecular weight excluding hydrogens is 254 g/mol. The van der Waals surface area contributed by atoms with Gasteiger partial charge >= 0.3 is 5.97 Å². The predicted molar refractivity (Wildman–Crippen MR) is 73.3 cm³/mol. The second-order valence-corrected chi connectivity index (χ2v) is 5.66. The zero-order valence-electron chi connectivity index (χ0n) is 12.0. The molecule has 0 bridgehead atoms. The molecule has 0 aromatic heterocycles. The predicted octanol–water partition coefficient (Wildman–Crippen LogP) is 2.82. The second-order valence-electron chi connectivity index (χ2n) is 5.66. The maximum atomic E-state index is 12.1. The van der Waals surface area contributed by atoms with Gasteiger partial charge in [0.2, 0.25) is 0 Å². The Bertz CT molecular complexity index is 599. The van der Waals surface area contributed by atoms with Crippen LogP contribution in [-0.2, 0) is 9.53 Å². The van der Waals surface area contributed by atoms with Gasteiger partial charge in [-0.3, -0.25) is 0 Å². The molecular formula is C15H17N3O2. The van der Waals surface area contributed by atoms with Gasteiger partial charge in [-0.15, -0.1) is 0 Å². The minimum Gasteiger partial charge on any atom is -0.467 e. The molecule has 0 aliphatic carbocycles. The van der Waals surface area contributed by atoms with E-state index < -0.39 is 17.0 Å². The molecule has 0 fully saturated rings. The zero-order valence-corrected chi connectivity index (χ0v) is 12.0. The van der Waals surface area contributed by atoms with Crippen LogP contribution in [-0.4, -0.2) is 24.2 Å². The first-order chi connectivity index (χ1) is 9.35. The van der Waals surface area contributed by atoms with E-state index in [2.05, 4.69) is 16.3 Å². The lowest BCUT2D eigenvalue weighted by Crippen LogP contribution is -2.44. The van der Waals surface area contributed by atoms with Gasteiger partial charge in [-0.25, -0.2) is 4.79 Å². The Morgan fingerprint density at radius 1 is 1.25 bits per heavy atom. The Morgan fingerprint density at radius 2 is 1.85 bits per heavy atom. The summed E-state index contributed by atoms with van der Waals surface area (Å²) < 4.78 is 4.88. The van der Waals surface area contributed by atoms with E-state index in [-0.39, 0.29) is 5.92 Å². The van der Waals surface area contributed by atoms with E-state index in [1.807, 2.05) is 26.0 Å². The topological polar surface area (TPSA) is 74.8 Å². The molecule has 0 saturated heterocycles. The fourth-order valence-electron chi connectivity index (χ4n) is 2.88. The first-order valence-corrected chi connectivity index (χ1v) is 6.37. The van der Waals surface area contributed by atoms with Crippen molar-refractivity contribution < 1.29 is 9.53 Å². The quantitative estimate of drug-likeness (QED) is 0.776. The summed E-state index contributed by atoms with van der Waals surface area (Å²) in [5.41, 5.74) is -0.0335. The zero-order chi connectivity index (χ0) is 15.0. The number of benzene rings is 1. The summed E-state index contributed by atoms with van der Waals surface area (Å²) in [4.78, 5) is 12.1. The fourth-order valence-corrected chi connectivity index (χ4v) is 2.88. The Labute approximate surface area is 118 Å². The van der Waals surface area contributed by atoms with Gasteiger partial charge in [0.1, 0.15) is 0 Å².